The summed E-state index contributed by atoms with van der Waals surface area (Å²) in [6.45, 7) is 2.07. The molecule has 182 valence electrons. The Balaban J connectivity index is 1.32. The number of aromatic nitrogens is 3. The molecule has 4 aromatic rings. The molecule has 3 heterocycles. The summed E-state index contributed by atoms with van der Waals surface area (Å²) >= 11 is 0. The molecule has 0 saturated carbocycles. The molecule has 1 N–H and O–H groups in total. The monoisotopic (exact) mass is 479 g/mol. The maximum Gasteiger partial charge on any atom is 0.253 e. The van der Waals surface area contributed by atoms with Crippen LogP contribution in [0.3, 0.4) is 0 Å². The molecular weight excluding hydrogens is 453 g/mol. The van der Waals surface area contributed by atoms with Crippen molar-refractivity contribution in [2.75, 3.05) is 47.5 Å². The molecule has 0 spiro atoms. The first-order valence-electron chi connectivity index (χ1n) is 11.3. The quantitative estimate of drug-likeness (QED) is 0.387. The molecule has 1 fully saturated rings. The maximum absolute atomic E-state index is 14.6. The van der Waals surface area contributed by atoms with Gasteiger partial charge in [0.1, 0.15) is 18.0 Å². The number of ether oxygens (including phenoxy) is 2. The van der Waals surface area contributed by atoms with E-state index in [1.807, 2.05) is 31.1 Å². The molecule has 0 atom stereocenters. The van der Waals surface area contributed by atoms with Gasteiger partial charge in [-0.2, -0.15) is 5.10 Å². The normalized spacial score (nSPS) is 14.0. The minimum Gasteiger partial charge on any atom is -0.488 e. The van der Waals surface area contributed by atoms with Crippen LogP contribution in [-0.4, -0.2) is 84.6 Å². The number of likely N-dealkylation sites (tertiary alicyclic amines) is 1. The molecule has 1 saturated heterocycles. The van der Waals surface area contributed by atoms with E-state index >= 15 is 0 Å². The number of likely N-dealkylation sites (N-methyl/N-ethyl adjacent to an activating group) is 1. The van der Waals surface area contributed by atoms with Crippen molar-refractivity contribution in [2.24, 2.45) is 0 Å². The summed E-state index contributed by atoms with van der Waals surface area (Å²) in [6.07, 6.45) is 0. The van der Waals surface area contributed by atoms with E-state index in [-0.39, 0.29) is 18.3 Å². The van der Waals surface area contributed by atoms with Crippen molar-refractivity contribution >= 4 is 16.8 Å². The second-order valence-corrected chi connectivity index (χ2v) is 8.72. The van der Waals surface area contributed by atoms with Gasteiger partial charge in [0.05, 0.1) is 12.1 Å². The van der Waals surface area contributed by atoms with Crippen LogP contribution in [0.15, 0.2) is 47.0 Å². The van der Waals surface area contributed by atoms with Crippen LogP contribution in [0.5, 0.6) is 5.75 Å². The molecule has 1 amide bonds. The highest BCUT2D eigenvalue weighted by molar-refractivity contribution is 5.95. The average Bonchev–Trinajstić information content (AvgIpc) is 3.45. The molecule has 0 radical (unpaired) electrons. The predicted octanol–water partition coefficient (Wildman–Crippen LogP) is 3.44. The molecule has 35 heavy (non-hydrogen) atoms. The number of carbonyl (C=O) groups is 1. The third-order valence-electron chi connectivity index (χ3n) is 6.21. The first kappa shape index (κ1) is 23.0. The van der Waals surface area contributed by atoms with Crippen molar-refractivity contribution < 1.29 is 23.2 Å². The maximum atomic E-state index is 14.6. The van der Waals surface area contributed by atoms with Crippen LogP contribution in [0.2, 0.25) is 0 Å². The molecule has 2 aromatic carbocycles. The summed E-state index contributed by atoms with van der Waals surface area (Å²) in [5.41, 5.74) is 3.07. The molecule has 5 rings (SSSR count). The molecule has 10 heteroatoms. The largest absolute Gasteiger partial charge is 0.488 e. The fourth-order valence-electron chi connectivity index (χ4n) is 3.99. The fraction of sp³-hybridized carbons (Fsp3) is 0.320. The number of methoxy groups -OCH3 is 1. The van der Waals surface area contributed by atoms with E-state index in [9.17, 15) is 9.18 Å². The number of rotatable bonds is 8. The van der Waals surface area contributed by atoms with Gasteiger partial charge < -0.3 is 23.8 Å². The van der Waals surface area contributed by atoms with Gasteiger partial charge in [0.2, 0.25) is 0 Å². The van der Waals surface area contributed by atoms with Gasteiger partial charge in [-0.15, -0.1) is 0 Å². The Morgan fingerprint density at radius 2 is 1.97 bits per heavy atom. The summed E-state index contributed by atoms with van der Waals surface area (Å²) < 4.78 is 30.4. The van der Waals surface area contributed by atoms with E-state index in [4.69, 9.17) is 14.0 Å². The number of amides is 1. The van der Waals surface area contributed by atoms with Crippen molar-refractivity contribution in [2.45, 2.75) is 6.04 Å². The number of benzene rings is 2. The fourth-order valence-corrected chi connectivity index (χ4v) is 3.99. The number of halogens is 1. The number of nitrogens with zero attached hydrogens (tertiary/aromatic N) is 4. The molecule has 2 aromatic heterocycles. The van der Waals surface area contributed by atoms with Gasteiger partial charge in [-0.1, -0.05) is 17.3 Å². The smallest absolute Gasteiger partial charge is 0.253 e. The molecular formula is C25H26FN5O4. The predicted molar refractivity (Wildman–Crippen MR) is 128 cm³/mol. The van der Waals surface area contributed by atoms with E-state index in [2.05, 4.69) is 20.3 Å². The Labute approximate surface area is 201 Å². The van der Waals surface area contributed by atoms with E-state index in [0.717, 1.165) is 18.7 Å². The summed E-state index contributed by atoms with van der Waals surface area (Å²) in [5.74, 6) is 0.0312. The number of hydrogen-bond acceptors (Lipinski definition) is 7. The summed E-state index contributed by atoms with van der Waals surface area (Å²) in [7, 11) is 5.59. The summed E-state index contributed by atoms with van der Waals surface area (Å²) in [6, 6.07) is 12.3. The lowest BCUT2D eigenvalue weighted by Crippen LogP contribution is -2.59. The molecule has 9 nitrogen and oxygen atoms in total. The van der Waals surface area contributed by atoms with E-state index in [0.29, 0.717) is 46.3 Å². The van der Waals surface area contributed by atoms with E-state index < -0.39 is 5.82 Å². The van der Waals surface area contributed by atoms with Crippen LogP contribution in [0.25, 0.3) is 33.6 Å². The standard InChI is InChI=1S/C25H26FN5O4/c1-30(2)17-13-31(14-17)25(32)16-6-4-15(5-7-16)20-11-23(35-29-20)24-18-10-19(26)22(34-9-8-33-3)12-21(18)27-28-24/h4-7,10-12,17H,8-9,13-14H2,1-3H3,(H,27,28). The molecule has 1 aliphatic heterocycles. The minimum atomic E-state index is -0.504. The van der Waals surface area contributed by atoms with Gasteiger partial charge in [0.15, 0.2) is 17.3 Å². The van der Waals surface area contributed by atoms with E-state index in [1.165, 1.54) is 6.07 Å². The van der Waals surface area contributed by atoms with Crippen LogP contribution in [0.4, 0.5) is 4.39 Å². The molecule has 0 aliphatic carbocycles. The zero-order valence-corrected chi connectivity index (χ0v) is 19.7. The van der Waals surface area contributed by atoms with Gasteiger partial charge in [0.25, 0.3) is 5.91 Å². The minimum absolute atomic E-state index is 0.0195. The number of carbonyl (C=O) groups excluding carboxylic acids is 1. The van der Waals surface area contributed by atoms with Crippen LogP contribution < -0.4 is 4.74 Å². The first-order chi connectivity index (χ1) is 16.9. The van der Waals surface area contributed by atoms with Gasteiger partial charge in [-0.3, -0.25) is 9.89 Å². The van der Waals surface area contributed by atoms with E-state index in [1.54, 1.807) is 31.4 Å². The second-order valence-electron chi connectivity index (χ2n) is 8.72. The zero-order valence-electron chi connectivity index (χ0n) is 19.7. The highest BCUT2D eigenvalue weighted by Gasteiger charge is 2.32. The van der Waals surface area contributed by atoms with Crippen LogP contribution in [0, 0.1) is 5.82 Å². The lowest BCUT2D eigenvalue weighted by atomic mass is 10.0. The Morgan fingerprint density at radius 3 is 2.69 bits per heavy atom. The number of hydrogen-bond donors (Lipinski definition) is 1. The number of aromatic amines is 1. The molecule has 0 bridgehead atoms. The van der Waals surface area contributed by atoms with Crippen molar-refractivity contribution in [3.8, 4) is 28.5 Å². The van der Waals surface area contributed by atoms with Gasteiger partial charge >= 0.3 is 0 Å². The topological polar surface area (TPSA) is 96.7 Å². The van der Waals surface area contributed by atoms with Crippen LogP contribution in [-0.2, 0) is 4.74 Å². The number of H-pyrrole nitrogens is 1. The van der Waals surface area contributed by atoms with Gasteiger partial charge in [-0.25, -0.2) is 4.39 Å². The Bertz CT molecular complexity index is 1340. The third-order valence-corrected chi connectivity index (χ3v) is 6.21. The first-order valence-corrected chi connectivity index (χ1v) is 11.3. The average molecular weight is 480 g/mol. The highest BCUT2D eigenvalue weighted by atomic mass is 19.1. The van der Waals surface area contributed by atoms with Crippen LogP contribution >= 0.6 is 0 Å². The summed E-state index contributed by atoms with van der Waals surface area (Å²) in [5, 5.41) is 11.9. The SMILES string of the molecule is COCCOc1cc2[nH]nc(-c3cc(-c4ccc(C(=O)N5CC(N(C)C)C5)cc4)no3)c2cc1F. The Kier molecular flexibility index (Phi) is 6.23. The Hall–Kier alpha value is -3.76. The van der Waals surface area contributed by atoms with Crippen molar-refractivity contribution in [1.29, 1.82) is 0 Å². The van der Waals surface area contributed by atoms with Crippen molar-refractivity contribution in [3.63, 3.8) is 0 Å². The Morgan fingerprint density at radius 1 is 1.20 bits per heavy atom. The molecule has 1 aliphatic rings. The van der Waals surface area contributed by atoms with Crippen LogP contribution in [0.1, 0.15) is 10.4 Å². The third kappa shape index (κ3) is 4.50. The molecule has 0 unspecified atom stereocenters. The lowest BCUT2D eigenvalue weighted by Gasteiger charge is -2.42. The lowest BCUT2D eigenvalue weighted by molar-refractivity contribution is 0.0399. The van der Waals surface area contributed by atoms with Crippen molar-refractivity contribution in [1.82, 2.24) is 25.2 Å². The van der Waals surface area contributed by atoms with Gasteiger partial charge in [0, 0.05) is 54.9 Å². The number of fused-ring (bicyclic) bond motifs is 1. The highest BCUT2D eigenvalue weighted by Crippen LogP contribution is 2.33. The number of nitrogens with one attached hydrogen (secondary N) is 1. The summed E-state index contributed by atoms with van der Waals surface area (Å²) in [4.78, 5) is 16.6. The van der Waals surface area contributed by atoms with Gasteiger partial charge in [-0.05, 0) is 32.3 Å². The zero-order chi connectivity index (χ0) is 24.5. The van der Waals surface area contributed by atoms with Crippen molar-refractivity contribution in [3.05, 3.63) is 53.8 Å². The second kappa shape index (κ2) is 9.47.